The molecule has 0 aromatic heterocycles. The summed E-state index contributed by atoms with van der Waals surface area (Å²) in [7, 11) is -0.811. The molecular weight excluding hydrogens is 432 g/mol. The third-order valence-corrected chi connectivity index (χ3v) is 6.35. The van der Waals surface area contributed by atoms with E-state index in [0.717, 1.165) is 9.87 Å². The van der Waals surface area contributed by atoms with E-state index in [9.17, 15) is 18.0 Å². The van der Waals surface area contributed by atoms with E-state index in [0.29, 0.717) is 22.0 Å². The lowest BCUT2D eigenvalue weighted by atomic mass is 10.2. The minimum absolute atomic E-state index is 0.0389. The minimum Gasteiger partial charge on any atom is -0.482 e. The minimum atomic E-state index is -3.65. The van der Waals surface area contributed by atoms with E-state index in [1.165, 1.54) is 26.2 Å². The van der Waals surface area contributed by atoms with Gasteiger partial charge < -0.3 is 14.8 Å². The summed E-state index contributed by atoms with van der Waals surface area (Å²) in [6.45, 7) is 2.62. The second-order valence-corrected chi connectivity index (χ2v) is 9.23. The Labute approximate surface area is 180 Å². The quantitative estimate of drug-likeness (QED) is 0.615. The number of amides is 1. The molecular formula is C20H23ClN2O6S. The Morgan fingerprint density at radius 2 is 1.73 bits per heavy atom. The van der Waals surface area contributed by atoms with Crippen molar-refractivity contribution in [2.45, 2.75) is 18.7 Å². The molecule has 1 amide bonds. The first-order valence-electron chi connectivity index (χ1n) is 8.88. The van der Waals surface area contributed by atoms with Gasteiger partial charge in [0.05, 0.1) is 4.90 Å². The Morgan fingerprint density at radius 3 is 2.37 bits per heavy atom. The molecule has 0 saturated heterocycles. The highest BCUT2D eigenvalue weighted by molar-refractivity contribution is 7.89. The van der Waals surface area contributed by atoms with Gasteiger partial charge in [-0.15, -0.1) is 0 Å². The van der Waals surface area contributed by atoms with Gasteiger partial charge in [-0.2, -0.15) is 0 Å². The van der Waals surface area contributed by atoms with Gasteiger partial charge in [-0.3, -0.25) is 4.79 Å². The van der Waals surface area contributed by atoms with Crippen LogP contribution >= 0.6 is 11.6 Å². The number of sulfonamides is 1. The van der Waals surface area contributed by atoms with Gasteiger partial charge in [0.2, 0.25) is 10.0 Å². The Bertz CT molecular complexity index is 1050. The van der Waals surface area contributed by atoms with Crippen molar-refractivity contribution in [2.75, 3.05) is 32.6 Å². The summed E-state index contributed by atoms with van der Waals surface area (Å²) < 4.78 is 35.8. The number of anilines is 1. The van der Waals surface area contributed by atoms with E-state index in [1.807, 2.05) is 0 Å². The van der Waals surface area contributed by atoms with Crippen molar-refractivity contribution >= 4 is 39.2 Å². The van der Waals surface area contributed by atoms with Crippen molar-refractivity contribution in [2.24, 2.45) is 0 Å². The lowest BCUT2D eigenvalue weighted by Gasteiger charge is -2.14. The fourth-order valence-electron chi connectivity index (χ4n) is 2.33. The number of nitrogens with zero attached hydrogens (tertiary/aromatic N) is 1. The molecule has 162 valence electrons. The predicted octanol–water partition coefficient (Wildman–Crippen LogP) is 2.77. The van der Waals surface area contributed by atoms with Gasteiger partial charge in [0.15, 0.2) is 13.2 Å². The number of ether oxygens (including phenoxy) is 2. The molecule has 30 heavy (non-hydrogen) atoms. The number of hydrogen-bond acceptors (Lipinski definition) is 6. The molecule has 0 aliphatic rings. The smallest absolute Gasteiger partial charge is 0.344 e. The second-order valence-electron chi connectivity index (χ2n) is 6.67. The first-order chi connectivity index (χ1) is 14.0. The average Bonchev–Trinajstić information content (AvgIpc) is 2.68. The van der Waals surface area contributed by atoms with Crippen LogP contribution in [0.4, 0.5) is 5.69 Å². The summed E-state index contributed by atoms with van der Waals surface area (Å²) in [5.74, 6) is -0.876. The summed E-state index contributed by atoms with van der Waals surface area (Å²) in [6, 6.07) is 9.34. The Balaban J connectivity index is 1.91. The Hall–Kier alpha value is -2.62. The van der Waals surface area contributed by atoms with Crippen LogP contribution in [0, 0.1) is 13.8 Å². The zero-order valence-corrected chi connectivity index (χ0v) is 18.6. The first-order valence-corrected chi connectivity index (χ1v) is 10.7. The number of rotatable bonds is 8. The van der Waals surface area contributed by atoms with Gasteiger partial charge in [-0.05, 0) is 55.3 Å². The molecule has 2 aromatic carbocycles. The van der Waals surface area contributed by atoms with E-state index < -0.39 is 28.5 Å². The van der Waals surface area contributed by atoms with Crippen LogP contribution in [0.2, 0.25) is 5.02 Å². The van der Waals surface area contributed by atoms with Gasteiger partial charge >= 0.3 is 5.97 Å². The van der Waals surface area contributed by atoms with Crippen LogP contribution in [0.15, 0.2) is 41.3 Å². The number of halogens is 1. The van der Waals surface area contributed by atoms with Crippen LogP contribution in [0.25, 0.3) is 0 Å². The summed E-state index contributed by atoms with van der Waals surface area (Å²) in [5.41, 5.74) is 1.77. The summed E-state index contributed by atoms with van der Waals surface area (Å²) in [5, 5.41) is 3.13. The molecule has 0 bridgehead atoms. The highest BCUT2D eigenvalue weighted by atomic mass is 35.5. The maximum absolute atomic E-state index is 12.2. The molecule has 0 unspecified atom stereocenters. The standard InChI is InChI=1S/C20H23ClN2O6S/c1-13-5-7-16(30(26,27)23(3)4)10-18(13)22-19(24)11-29-20(25)12-28-15-6-8-17(21)14(2)9-15/h5-10H,11-12H2,1-4H3,(H,22,24). The third kappa shape index (κ3) is 6.19. The van der Waals surface area contributed by atoms with Crippen molar-refractivity contribution in [1.29, 1.82) is 0 Å². The number of benzene rings is 2. The van der Waals surface area contributed by atoms with Crippen LogP contribution in [-0.4, -0.2) is 51.9 Å². The SMILES string of the molecule is Cc1cc(OCC(=O)OCC(=O)Nc2cc(S(=O)(=O)N(C)C)ccc2C)ccc1Cl. The van der Waals surface area contributed by atoms with Crippen molar-refractivity contribution in [3.8, 4) is 5.75 Å². The largest absolute Gasteiger partial charge is 0.482 e. The van der Waals surface area contributed by atoms with Gasteiger partial charge in [-0.25, -0.2) is 17.5 Å². The molecule has 0 spiro atoms. The maximum atomic E-state index is 12.2. The molecule has 2 aromatic rings. The van der Waals surface area contributed by atoms with Crippen molar-refractivity contribution in [3.63, 3.8) is 0 Å². The summed E-state index contributed by atoms with van der Waals surface area (Å²) >= 11 is 5.93. The third-order valence-electron chi connectivity index (χ3n) is 4.11. The maximum Gasteiger partial charge on any atom is 0.344 e. The van der Waals surface area contributed by atoms with E-state index in [4.69, 9.17) is 21.1 Å². The predicted molar refractivity (Wildman–Crippen MR) is 113 cm³/mol. The lowest BCUT2D eigenvalue weighted by Crippen LogP contribution is -2.25. The Morgan fingerprint density at radius 1 is 1.03 bits per heavy atom. The number of esters is 1. The molecule has 0 radical (unpaired) electrons. The van der Waals surface area contributed by atoms with Gasteiger partial charge in [0.1, 0.15) is 5.75 Å². The molecule has 0 atom stereocenters. The van der Waals surface area contributed by atoms with E-state index in [-0.39, 0.29) is 11.5 Å². The first kappa shape index (κ1) is 23.7. The fraction of sp³-hybridized carbons (Fsp3) is 0.300. The zero-order valence-electron chi connectivity index (χ0n) is 17.1. The van der Waals surface area contributed by atoms with Gasteiger partial charge in [-0.1, -0.05) is 17.7 Å². The molecule has 2 rings (SSSR count). The topological polar surface area (TPSA) is 102 Å². The van der Waals surface area contributed by atoms with Crippen LogP contribution < -0.4 is 10.1 Å². The number of carbonyl (C=O) groups is 2. The van der Waals surface area contributed by atoms with E-state index in [1.54, 1.807) is 38.1 Å². The molecule has 10 heteroatoms. The van der Waals surface area contributed by atoms with E-state index >= 15 is 0 Å². The monoisotopic (exact) mass is 454 g/mol. The fourth-order valence-corrected chi connectivity index (χ4v) is 3.38. The van der Waals surface area contributed by atoms with Crippen molar-refractivity contribution in [3.05, 3.63) is 52.5 Å². The zero-order chi connectivity index (χ0) is 22.5. The average molecular weight is 455 g/mol. The number of carbonyl (C=O) groups excluding carboxylic acids is 2. The summed E-state index contributed by atoms with van der Waals surface area (Å²) in [6.07, 6.45) is 0. The lowest BCUT2D eigenvalue weighted by molar-refractivity contribution is -0.149. The molecule has 0 fully saturated rings. The molecule has 0 aliphatic heterocycles. The van der Waals surface area contributed by atoms with Crippen molar-refractivity contribution < 1.29 is 27.5 Å². The molecule has 8 nitrogen and oxygen atoms in total. The second kappa shape index (κ2) is 9.92. The molecule has 0 aliphatic carbocycles. The number of hydrogen-bond donors (Lipinski definition) is 1. The molecule has 0 saturated carbocycles. The highest BCUT2D eigenvalue weighted by Gasteiger charge is 2.19. The summed E-state index contributed by atoms with van der Waals surface area (Å²) in [4.78, 5) is 24.0. The van der Waals surface area contributed by atoms with Crippen LogP contribution in [-0.2, 0) is 24.3 Å². The Kier molecular flexibility index (Phi) is 7.83. The normalized spacial score (nSPS) is 11.3. The van der Waals surface area contributed by atoms with Crippen LogP contribution in [0.5, 0.6) is 5.75 Å². The van der Waals surface area contributed by atoms with Gasteiger partial charge in [0.25, 0.3) is 5.91 Å². The number of nitrogens with one attached hydrogen (secondary N) is 1. The van der Waals surface area contributed by atoms with Crippen LogP contribution in [0.3, 0.4) is 0 Å². The molecule has 0 heterocycles. The van der Waals surface area contributed by atoms with Crippen molar-refractivity contribution in [1.82, 2.24) is 4.31 Å². The van der Waals surface area contributed by atoms with Crippen LogP contribution in [0.1, 0.15) is 11.1 Å². The highest BCUT2D eigenvalue weighted by Crippen LogP contribution is 2.22. The van der Waals surface area contributed by atoms with E-state index in [2.05, 4.69) is 5.32 Å². The number of aryl methyl sites for hydroxylation is 2. The van der Waals surface area contributed by atoms with Gasteiger partial charge in [0, 0.05) is 24.8 Å². The molecule has 1 N–H and O–H groups in total.